The van der Waals surface area contributed by atoms with Gasteiger partial charge in [-0.25, -0.2) is 4.79 Å². The lowest BCUT2D eigenvalue weighted by Gasteiger charge is -2.08. The fourth-order valence-electron chi connectivity index (χ4n) is 2.03. The van der Waals surface area contributed by atoms with Crippen LogP contribution in [0, 0.1) is 0 Å². The van der Waals surface area contributed by atoms with Crippen molar-refractivity contribution in [3.63, 3.8) is 0 Å². The number of rotatable bonds is 5. The number of hydrogen-bond donors (Lipinski definition) is 0. The maximum atomic E-state index is 11.7. The summed E-state index contributed by atoms with van der Waals surface area (Å²) in [6.45, 7) is 2.20. The monoisotopic (exact) mass is 266 g/mol. The van der Waals surface area contributed by atoms with Crippen molar-refractivity contribution in [2.45, 2.75) is 13.3 Å². The standard InChI is InChI=1S/C18H18O2/c1-2-20-18(19)14-17(16-11-7-4-8-12-16)13-15-9-5-3-6-10-15/h3-12,14H,2,13H2,1H3/b17-14-. The Hall–Kier alpha value is -2.35. The van der Waals surface area contributed by atoms with Gasteiger partial charge in [0.15, 0.2) is 0 Å². The van der Waals surface area contributed by atoms with Crippen molar-refractivity contribution < 1.29 is 9.53 Å². The van der Waals surface area contributed by atoms with Gasteiger partial charge in [0.1, 0.15) is 0 Å². The molecule has 0 unspecified atom stereocenters. The molecule has 0 saturated heterocycles. The van der Waals surface area contributed by atoms with Crippen LogP contribution in [0.5, 0.6) is 0 Å². The van der Waals surface area contributed by atoms with Gasteiger partial charge >= 0.3 is 5.97 Å². The molecule has 2 heteroatoms. The van der Waals surface area contributed by atoms with Crippen molar-refractivity contribution in [2.75, 3.05) is 6.61 Å². The van der Waals surface area contributed by atoms with E-state index in [-0.39, 0.29) is 5.97 Å². The maximum Gasteiger partial charge on any atom is 0.331 e. The zero-order valence-electron chi connectivity index (χ0n) is 11.6. The number of carbonyl (C=O) groups is 1. The van der Waals surface area contributed by atoms with Crippen LogP contribution in [0.4, 0.5) is 0 Å². The third-order valence-corrected chi connectivity index (χ3v) is 2.96. The van der Waals surface area contributed by atoms with E-state index in [9.17, 15) is 4.79 Å². The Kier molecular flexibility index (Phi) is 5.13. The summed E-state index contributed by atoms with van der Waals surface area (Å²) in [5, 5.41) is 0. The molecule has 0 N–H and O–H groups in total. The molecule has 0 amide bonds. The first kappa shape index (κ1) is 14.1. The molecule has 102 valence electrons. The molecular weight excluding hydrogens is 248 g/mol. The van der Waals surface area contributed by atoms with Crippen LogP contribution in [0.2, 0.25) is 0 Å². The summed E-state index contributed by atoms with van der Waals surface area (Å²) in [6.07, 6.45) is 2.30. The second kappa shape index (κ2) is 7.29. The van der Waals surface area contributed by atoms with Gasteiger partial charge in [-0.3, -0.25) is 0 Å². The van der Waals surface area contributed by atoms with Gasteiger partial charge in [0, 0.05) is 6.08 Å². The van der Waals surface area contributed by atoms with Crippen LogP contribution >= 0.6 is 0 Å². The summed E-state index contributed by atoms with van der Waals surface area (Å²) in [7, 11) is 0. The van der Waals surface area contributed by atoms with E-state index < -0.39 is 0 Å². The summed E-state index contributed by atoms with van der Waals surface area (Å²) in [5.41, 5.74) is 3.19. The lowest BCUT2D eigenvalue weighted by molar-refractivity contribution is -0.137. The van der Waals surface area contributed by atoms with Gasteiger partial charge in [0.2, 0.25) is 0 Å². The highest BCUT2D eigenvalue weighted by atomic mass is 16.5. The van der Waals surface area contributed by atoms with E-state index in [0.29, 0.717) is 13.0 Å². The van der Waals surface area contributed by atoms with E-state index in [1.165, 1.54) is 5.56 Å². The molecule has 0 aliphatic rings. The Balaban J connectivity index is 2.27. The smallest absolute Gasteiger partial charge is 0.331 e. The summed E-state index contributed by atoms with van der Waals surface area (Å²) < 4.78 is 5.02. The molecule has 20 heavy (non-hydrogen) atoms. The number of benzene rings is 2. The van der Waals surface area contributed by atoms with Crippen LogP contribution in [0.3, 0.4) is 0 Å². The van der Waals surface area contributed by atoms with Crippen molar-refractivity contribution in [1.29, 1.82) is 0 Å². The molecule has 2 nitrogen and oxygen atoms in total. The SMILES string of the molecule is CCOC(=O)/C=C(/Cc1ccccc1)c1ccccc1. The molecule has 0 aromatic heterocycles. The van der Waals surface area contributed by atoms with E-state index >= 15 is 0 Å². The average Bonchev–Trinajstić information content (AvgIpc) is 2.49. The van der Waals surface area contributed by atoms with Crippen molar-refractivity contribution >= 4 is 11.5 Å². The van der Waals surface area contributed by atoms with Gasteiger partial charge in [-0.1, -0.05) is 60.7 Å². The average molecular weight is 266 g/mol. The van der Waals surface area contributed by atoms with Crippen LogP contribution in [0.1, 0.15) is 18.1 Å². The molecule has 2 rings (SSSR count). The molecule has 0 heterocycles. The van der Waals surface area contributed by atoms with Crippen LogP contribution in [0.25, 0.3) is 5.57 Å². The zero-order chi connectivity index (χ0) is 14.2. The molecule has 0 aliphatic heterocycles. The second-order valence-electron chi connectivity index (χ2n) is 4.45. The lowest BCUT2D eigenvalue weighted by atomic mass is 9.98. The summed E-state index contributed by atoms with van der Waals surface area (Å²) >= 11 is 0. The number of ether oxygens (including phenoxy) is 1. The summed E-state index contributed by atoms with van der Waals surface area (Å²) in [5.74, 6) is -0.290. The van der Waals surface area contributed by atoms with Gasteiger partial charge in [0.05, 0.1) is 6.61 Å². The fourth-order valence-corrected chi connectivity index (χ4v) is 2.03. The summed E-state index contributed by atoms with van der Waals surface area (Å²) in [6, 6.07) is 20.0. The van der Waals surface area contributed by atoms with Crippen molar-refractivity contribution in [1.82, 2.24) is 0 Å². The highest BCUT2D eigenvalue weighted by molar-refractivity contribution is 5.91. The Morgan fingerprint density at radius 2 is 1.60 bits per heavy atom. The topological polar surface area (TPSA) is 26.3 Å². The molecule has 0 radical (unpaired) electrons. The molecule has 2 aromatic carbocycles. The normalized spacial score (nSPS) is 11.2. The molecule has 0 saturated carbocycles. The van der Waals surface area contributed by atoms with E-state index in [4.69, 9.17) is 4.74 Å². The first-order chi connectivity index (χ1) is 9.79. The molecule has 0 bridgehead atoms. The predicted molar refractivity (Wildman–Crippen MR) is 81.2 cm³/mol. The Bertz CT molecular complexity index is 571. The number of carbonyl (C=O) groups excluding carboxylic acids is 1. The van der Waals surface area contributed by atoms with Crippen molar-refractivity contribution in [3.8, 4) is 0 Å². The van der Waals surface area contributed by atoms with Crippen molar-refractivity contribution in [2.24, 2.45) is 0 Å². The number of hydrogen-bond acceptors (Lipinski definition) is 2. The Morgan fingerprint density at radius 1 is 1.00 bits per heavy atom. The largest absolute Gasteiger partial charge is 0.463 e. The van der Waals surface area contributed by atoms with Gasteiger partial charge in [-0.05, 0) is 30.0 Å². The minimum absolute atomic E-state index is 0.290. The maximum absolute atomic E-state index is 11.7. The second-order valence-corrected chi connectivity index (χ2v) is 4.45. The fraction of sp³-hybridized carbons (Fsp3) is 0.167. The lowest BCUT2D eigenvalue weighted by Crippen LogP contribution is -2.02. The van der Waals surface area contributed by atoms with Crippen LogP contribution in [-0.4, -0.2) is 12.6 Å². The Labute approximate surface area is 119 Å². The van der Waals surface area contributed by atoms with Gasteiger partial charge < -0.3 is 4.74 Å². The van der Waals surface area contributed by atoms with E-state index in [1.807, 2.05) is 55.5 Å². The minimum atomic E-state index is -0.290. The third-order valence-electron chi connectivity index (χ3n) is 2.96. The van der Waals surface area contributed by atoms with Crippen LogP contribution < -0.4 is 0 Å². The third kappa shape index (κ3) is 4.09. The highest BCUT2D eigenvalue weighted by Gasteiger charge is 2.06. The van der Waals surface area contributed by atoms with E-state index in [2.05, 4.69) is 12.1 Å². The van der Waals surface area contributed by atoms with Gasteiger partial charge in [-0.15, -0.1) is 0 Å². The zero-order valence-corrected chi connectivity index (χ0v) is 11.6. The Morgan fingerprint density at radius 3 is 2.20 bits per heavy atom. The molecule has 0 fully saturated rings. The number of allylic oxidation sites excluding steroid dienone is 1. The molecule has 0 atom stereocenters. The quantitative estimate of drug-likeness (QED) is 0.606. The van der Waals surface area contributed by atoms with Crippen LogP contribution in [-0.2, 0) is 16.0 Å². The van der Waals surface area contributed by atoms with Crippen molar-refractivity contribution in [3.05, 3.63) is 77.9 Å². The minimum Gasteiger partial charge on any atom is -0.463 e. The van der Waals surface area contributed by atoms with E-state index in [0.717, 1.165) is 11.1 Å². The van der Waals surface area contributed by atoms with Crippen LogP contribution in [0.15, 0.2) is 66.7 Å². The summed E-state index contributed by atoms with van der Waals surface area (Å²) in [4.78, 5) is 11.7. The first-order valence-corrected chi connectivity index (χ1v) is 6.76. The van der Waals surface area contributed by atoms with Gasteiger partial charge in [-0.2, -0.15) is 0 Å². The van der Waals surface area contributed by atoms with Gasteiger partial charge in [0.25, 0.3) is 0 Å². The number of esters is 1. The predicted octanol–water partition coefficient (Wildman–Crippen LogP) is 3.88. The highest BCUT2D eigenvalue weighted by Crippen LogP contribution is 2.19. The molecule has 0 spiro atoms. The molecule has 0 aliphatic carbocycles. The molecule has 2 aromatic rings. The molecular formula is C18H18O2. The first-order valence-electron chi connectivity index (χ1n) is 6.76. The van der Waals surface area contributed by atoms with E-state index in [1.54, 1.807) is 6.08 Å².